The van der Waals surface area contributed by atoms with Gasteiger partial charge in [-0.25, -0.2) is 0 Å². The fourth-order valence-corrected chi connectivity index (χ4v) is 5.78. The molecular formula is C38H28F3N4OPt-. The quantitative estimate of drug-likeness (QED) is 0.180. The summed E-state index contributed by atoms with van der Waals surface area (Å²) in [7, 11) is 0. The molecule has 0 spiro atoms. The van der Waals surface area contributed by atoms with Gasteiger partial charge in [-0.15, -0.1) is 29.8 Å². The third-order valence-corrected chi connectivity index (χ3v) is 8.12. The van der Waals surface area contributed by atoms with Crippen molar-refractivity contribution in [1.29, 1.82) is 0 Å². The van der Waals surface area contributed by atoms with Crippen LogP contribution in [-0.2, 0) is 32.7 Å². The first-order chi connectivity index (χ1) is 22.0. The zero-order valence-corrected chi connectivity index (χ0v) is 27.9. The van der Waals surface area contributed by atoms with E-state index in [1.165, 1.54) is 17.8 Å². The first kappa shape index (κ1) is 32.1. The number of pyridine rings is 2. The van der Waals surface area contributed by atoms with E-state index in [2.05, 4.69) is 48.9 Å². The second-order valence-electron chi connectivity index (χ2n) is 12.2. The summed E-state index contributed by atoms with van der Waals surface area (Å²) >= 11 is 0. The molecular weight excluding hydrogens is 781 g/mol. The second-order valence-corrected chi connectivity index (χ2v) is 12.2. The fraction of sp³-hybridized carbons (Fsp3) is 0.132. The molecule has 0 aliphatic rings. The molecule has 0 fully saturated rings. The number of para-hydroxylation sites is 1. The van der Waals surface area contributed by atoms with Crippen molar-refractivity contribution in [1.82, 2.24) is 19.5 Å². The van der Waals surface area contributed by atoms with Gasteiger partial charge < -0.3 is 9.67 Å². The standard InChI is InChI=1S/C38H28F3N4O.Pt/c1-37(2,3)26-12-14-28(15-13-26)45-32-11-5-10-29(31-22-42-18-16-33(31)46)35(32)44-36(45)25-8-4-7-23(19-25)30-21-27(38(39,40)41)20-24-9-6-17-43-34(24)30;/h4-18,20-22H,1-3H3,(H,42,46);/q-1;. The van der Waals surface area contributed by atoms with Crippen LogP contribution in [0.2, 0.25) is 0 Å². The van der Waals surface area contributed by atoms with Crippen LogP contribution in [0.3, 0.4) is 0 Å². The van der Waals surface area contributed by atoms with E-state index in [1.807, 2.05) is 41.0 Å². The van der Waals surface area contributed by atoms with Gasteiger partial charge in [0.05, 0.1) is 16.9 Å². The number of aromatic nitrogens is 4. The van der Waals surface area contributed by atoms with Crippen LogP contribution in [0.4, 0.5) is 13.2 Å². The molecule has 9 heteroatoms. The third kappa shape index (κ3) is 5.94. The molecule has 4 aromatic carbocycles. The van der Waals surface area contributed by atoms with Crippen LogP contribution in [0.5, 0.6) is 5.75 Å². The molecule has 3 heterocycles. The van der Waals surface area contributed by atoms with E-state index in [1.54, 1.807) is 36.7 Å². The first-order valence-electron chi connectivity index (χ1n) is 14.7. The molecule has 3 aromatic heterocycles. The van der Waals surface area contributed by atoms with Crippen LogP contribution in [0.15, 0.2) is 110 Å². The van der Waals surface area contributed by atoms with E-state index in [9.17, 15) is 18.3 Å². The van der Waals surface area contributed by atoms with Gasteiger partial charge >= 0.3 is 6.18 Å². The van der Waals surface area contributed by atoms with Gasteiger partial charge in [0.15, 0.2) is 0 Å². The molecule has 7 rings (SSSR count). The SMILES string of the molecule is CC(C)(C)c1ccc(-n2c(-c3[c-]c(-c4cc(C(F)(F)F)cc5cccnc45)ccc3)nc3c(-c4cnccc4O)cccc32)cc1.[Pt]. The van der Waals surface area contributed by atoms with E-state index in [-0.39, 0.29) is 32.2 Å². The first-order valence-corrected chi connectivity index (χ1v) is 14.7. The van der Waals surface area contributed by atoms with Gasteiger partial charge in [-0.3, -0.25) is 15.0 Å². The number of nitrogens with zero attached hydrogens (tertiary/aromatic N) is 4. The molecule has 0 atom stereocenters. The van der Waals surface area contributed by atoms with E-state index in [4.69, 9.17) is 4.98 Å². The molecule has 0 aliphatic carbocycles. The van der Waals surface area contributed by atoms with Gasteiger partial charge in [0.25, 0.3) is 0 Å². The average molecular weight is 809 g/mol. The molecule has 238 valence electrons. The van der Waals surface area contributed by atoms with E-state index >= 15 is 0 Å². The Morgan fingerprint density at radius 1 is 0.723 bits per heavy atom. The van der Waals surface area contributed by atoms with Crippen molar-refractivity contribution in [2.45, 2.75) is 32.4 Å². The molecule has 0 amide bonds. The van der Waals surface area contributed by atoms with Crippen LogP contribution in [0.1, 0.15) is 31.9 Å². The molecule has 0 saturated heterocycles. The van der Waals surface area contributed by atoms with Crippen molar-refractivity contribution in [3.05, 3.63) is 127 Å². The minimum absolute atomic E-state index is 0. The fourth-order valence-electron chi connectivity index (χ4n) is 5.78. The summed E-state index contributed by atoms with van der Waals surface area (Å²) in [5.41, 5.74) is 5.66. The van der Waals surface area contributed by atoms with Crippen molar-refractivity contribution in [3.63, 3.8) is 0 Å². The Labute approximate surface area is 284 Å². The number of rotatable bonds is 4. The second kappa shape index (κ2) is 12.1. The molecule has 0 unspecified atom stereocenters. The Bertz CT molecular complexity index is 2250. The number of benzene rings is 4. The van der Waals surface area contributed by atoms with E-state index < -0.39 is 11.7 Å². The normalized spacial score (nSPS) is 12.0. The molecule has 0 aliphatic heterocycles. The summed E-state index contributed by atoms with van der Waals surface area (Å²) in [5, 5.41) is 11.1. The van der Waals surface area contributed by atoms with Crippen LogP contribution in [0.25, 0.3) is 61.3 Å². The topological polar surface area (TPSA) is 63.8 Å². The molecule has 47 heavy (non-hydrogen) atoms. The van der Waals surface area contributed by atoms with Crippen molar-refractivity contribution < 1.29 is 39.3 Å². The number of hydrogen-bond acceptors (Lipinski definition) is 4. The number of halogens is 3. The molecule has 0 bridgehead atoms. The van der Waals surface area contributed by atoms with Crippen molar-refractivity contribution in [2.75, 3.05) is 0 Å². The van der Waals surface area contributed by atoms with Crippen LogP contribution in [-0.4, -0.2) is 24.6 Å². The number of alkyl halides is 3. The van der Waals surface area contributed by atoms with Gasteiger partial charge in [0.2, 0.25) is 0 Å². The number of aromatic hydroxyl groups is 1. The number of imidazole rings is 1. The summed E-state index contributed by atoms with van der Waals surface area (Å²) in [6, 6.07) is 29.7. The molecule has 1 N–H and O–H groups in total. The summed E-state index contributed by atoms with van der Waals surface area (Å²) in [5.74, 6) is 0.617. The third-order valence-electron chi connectivity index (χ3n) is 8.12. The monoisotopic (exact) mass is 808 g/mol. The van der Waals surface area contributed by atoms with Crippen LogP contribution >= 0.6 is 0 Å². The Morgan fingerprint density at radius 3 is 2.19 bits per heavy atom. The zero-order valence-electron chi connectivity index (χ0n) is 25.6. The minimum atomic E-state index is -4.53. The van der Waals surface area contributed by atoms with Crippen molar-refractivity contribution in [3.8, 4) is 45.1 Å². The van der Waals surface area contributed by atoms with Crippen LogP contribution < -0.4 is 0 Å². The Morgan fingerprint density at radius 2 is 1.47 bits per heavy atom. The predicted octanol–water partition coefficient (Wildman–Crippen LogP) is 9.79. The van der Waals surface area contributed by atoms with Gasteiger partial charge in [-0.1, -0.05) is 68.3 Å². The maximum atomic E-state index is 14.0. The van der Waals surface area contributed by atoms with E-state index in [0.717, 1.165) is 23.3 Å². The van der Waals surface area contributed by atoms with Crippen molar-refractivity contribution >= 4 is 21.9 Å². The Balaban J connectivity index is 0.00000386. The van der Waals surface area contributed by atoms with Gasteiger partial charge in [-0.2, -0.15) is 13.2 Å². The Kier molecular flexibility index (Phi) is 8.27. The predicted molar refractivity (Wildman–Crippen MR) is 175 cm³/mol. The summed E-state index contributed by atoms with van der Waals surface area (Å²) in [4.78, 5) is 13.7. The molecule has 0 saturated carbocycles. The largest absolute Gasteiger partial charge is 0.507 e. The smallest absolute Gasteiger partial charge is 0.415 e. The van der Waals surface area contributed by atoms with E-state index in [0.29, 0.717) is 50.1 Å². The zero-order chi connectivity index (χ0) is 32.2. The molecule has 0 radical (unpaired) electrons. The number of hydrogen-bond donors (Lipinski definition) is 1. The number of fused-ring (bicyclic) bond motifs is 2. The van der Waals surface area contributed by atoms with Gasteiger partial charge in [0, 0.05) is 67.6 Å². The summed E-state index contributed by atoms with van der Waals surface area (Å²) < 4.78 is 43.9. The average Bonchev–Trinajstić information content (AvgIpc) is 3.44. The molecule has 5 nitrogen and oxygen atoms in total. The minimum Gasteiger partial charge on any atom is -0.507 e. The van der Waals surface area contributed by atoms with Crippen molar-refractivity contribution in [2.24, 2.45) is 0 Å². The summed E-state index contributed by atoms with van der Waals surface area (Å²) in [6.45, 7) is 6.46. The summed E-state index contributed by atoms with van der Waals surface area (Å²) in [6.07, 6.45) is 0.156. The Hall–Kier alpha value is -4.81. The maximum Gasteiger partial charge on any atom is 0.415 e. The maximum absolute atomic E-state index is 14.0. The van der Waals surface area contributed by atoms with Gasteiger partial charge in [0.1, 0.15) is 5.75 Å². The molecule has 7 aromatic rings. The van der Waals surface area contributed by atoms with Gasteiger partial charge in [-0.05, 0) is 52.8 Å². The van der Waals surface area contributed by atoms with Crippen LogP contribution in [0, 0.1) is 6.07 Å².